The van der Waals surface area contributed by atoms with E-state index >= 15 is 0 Å². The number of anilines is 3. The summed E-state index contributed by atoms with van der Waals surface area (Å²) in [5.74, 6) is 0.505. The van der Waals surface area contributed by atoms with E-state index in [1.807, 2.05) is 24.3 Å². The van der Waals surface area contributed by atoms with E-state index in [-0.39, 0.29) is 6.09 Å². The number of nitrogen functional groups attached to an aromatic ring is 2. The minimum Gasteiger partial charge on any atom is -0.410 e. The van der Waals surface area contributed by atoms with Crippen molar-refractivity contribution in [2.75, 3.05) is 42.5 Å². The largest absolute Gasteiger partial charge is 0.415 e. The van der Waals surface area contributed by atoms with Gasteiger partial charge in [-0.2, -0.15) is 0 Å². The number of benzene rings is 2. The molecule has 1 aliphatic heterocycles. The number of amides is 1. The summed E-state index contributed by atoms with van der Waals surface area (Å²) < 4.78 is 5.36. The van der Waals surface area contributed by atoms with Crippen LogP contribution in [0.4, 0.5) is 21.9 Å². The van der Waals surface area contributed by atoms with Crippen molar-refractivity contribution >= 4 is 23.2 Å². The molecule has 0 unspecified atom stereocenters. The fourth-order valence-electron chi connectivity index (χ4n) is 2.53. The number of piperazine rings is 1. The third kappa shape index (κ3) is 3.66. The van der Waals surface area contributed by atoms with Crippen molar-refractivity contribution in [2.45, 2.75) is 0 Å². The van der Waals surface area contributed by atoms with E-state index in [9.17, 15) is 4.79 Å². The Morgan fingerprint density at radius 3 is 1.91 bits per heavy atom. The van der Waals surface area contributed by atoms with Crippen LogP contribution < -0.4 is 21.1 Å². The van der Waals surface area contributed by atoms with Gasteiger partial charge in [-0.05, 0) is 48.5 Å². The molecular formula is C17H20N4O2. The molecule has 6 heteroatoms. The van der Waals surface area contributed by atoms with Crippen molar-refractivity contribution in [1.29, 1.82) is 0 Å². The highest BCUT2D eigenvalue weighted by atomic mass is 16.6. The lowest BCUT2D eigenvalue weighted by atomic mass is 10.2. The molecule has 0 atom stereocenters. The second-order valence-electron chi connectivity index (χ2n) is 5.50. The summed E-state index contributed by atoms with van der Waals surface area (Å²) in [6.07, 6.45) is -0.327. The zero-order valence-corrected chi connectivity index (χ0v) is 12.8. The highest BCUT2D eigenvalue weighted by Crippen LogP contribution is 2.19. The number of ether oxygens (including phenoxy) is 1. The Labute approximate surface area is 135 Å². The van der Waals surface area contributed by atoms with Crippen molar-refractivity contribution in [3.8, 4) is 5.75 Å². The average Bonchev–Trinajstić information content (AvgIpc) is 2.58. The molecule has 1 amide bonds. The molecule has 1 heterocycles. The molecule has 0 aliphatic carbocycles. The molecule has 2 aromatic carbocycles. The lowest BCUT2D eigenvalue weighted by Gasteiger charge is -2.35. The maximum Gasteiger partial charge on any atom is 0.415 e. The molecule has 23 heavy (non-hydrogen) atoms. The summed E-state index contributed by atoms with van der Waals surface area (Å²) in [6, 6.07) is 14.6. The van der Waals surface area contributed by atoms with Gasteiger partial charge in [-0.1, -0.05) is 0 Å². The van der Waals surface area contributed by atoms with Gasteiger partial charge in [0.1, 0.15) is 5.75 Å². The van der Waals surface area contributed by atoms with E-state index in [0.717, 1.165) is 24.5 Å². The average molecular weight is 312 g/mol. The number of hydrogen-bond acceptors (Lipinski definition) is 5. The number of hydrogen-bond donors (Lipinski definition) is 2. The molecule has 0 spiro atoms. The molecule has 1 aliphatic rings. The Hall–Kier alpha value is -2.89. The van der Waals surface area contributed by atoms with Gasteiger partial charge in [0.15, 0.2) is 0 Å². The number of carbonyl (C=O) groups is 1. The fraction of sp³-hybridized carbons (Fsp3) is 0.235. The first-order valence-electron chi connectivity index (χ1n) is 7.54. The van der Waals surface area contributed by atoms with E-state index < -0.39 is 0 Å². The lowest BCUT2D eigenvalue weighted by molar-refractivity contribution is 0.149. The molecule has 0 aromatic heterocycles. The highest BCUT2D eigenvalue weighted by Gasteiger charge is 2.22. The Bertz CT molecular complexity index is 662. The van der Waals surface area contributed by atoms with Gasteiger partial charge >= 0.3 is 6.09 Å². The van der Waals surface area contributed by atoms with E-state index in [1.165, 1.54) is 0 Å². The van der Waals surface area contributed by atoms with Crippen LogP contribution in [0.5, 0.6) is 5.75 Å². The minimum absolute atomic E-state index is 0.327. The maximum absolute atomic E-state index is 12.2. The Balaban J connectivity index is 1.54. The SMILES string of the molecule is Nc1ccc(OC(=O)N2CCN(c3ccc(N)cc3)CC2)cc1. The van der Waals surface area contributed by atoms with Crippen molar-refractivity contribution in [1.82, 2.24) is 4.90 Å². The molecule has 1 fully saturated rings. The first kappa shape index (κ1) is 15.0. The molecule has 4 N–H and O–H groups in total. The van der Waals surface area contributed by atoms with Gasteiger partial charge in [-0.3, -0.25) is 0 Å². The molecule has 0 bridgehead atoms. The van der Waals surface area contributed by atoms with E-state index in [0.29, 0.717) is 24.5 Å². The first-order chi connectivity index (χ1) is 11.1. The standard InChI is InChI=1S/C17H20N4O2/c18-13-1-5-15(6-2-13)20-9-11-21(12-10-20)17(22)23-16-7-3-14(19)4-8-16/h1-8H,9-12,18-19H2. The number of rotatable bonds is 2. The van der Waals surface area contributed by atoms with Crippen LogP contribution in [0.3, 0.4) is 0 Å². The van der Waals surface area contributed by atoms with E-state index in [4.69, 9.17) is 16.2 Å². The van der Waals surface area contributed by atoms with Crippen LogP contribution in [-0.2, 0) is 0 Å². The summed E-state index contributed by atoms with van der Waals surface area (Å²) in [4.78, 5) is 16.1. The monoisotopic (exact) mass is 312 g/mol. The molecule has 6 nitrogen and oxygen atoms in total. The van der Waals surface area contributed by atoms with Gasteiger partial charge in [-0.25, -0.2) is 4.79 Å². The minimum atomic E-state index is -0.327. The molecule has 3 rings (SSSR count). The topological polar surface area (TPSA) is 84.8 Å². The molecule has 1 saturated heterocycles. The van der Waals surface area contributed by atoms with Crippen LogP contribution in [0.2, 0.25) is 0 Å². The first-order valence-corrected chi connectivity index (χ1v) is 7.54. The quantitative estimate of drug-likeness (QED) is 0.830. The van der Waals surface area contributed by atoms with Crippen molar-refractivity contribution in [2.24, 2.45) is 0 Å². The van der Waals surface area contributed by atoms with Crippen molar-refractivity contribution in [3.63, 3.8) is 0 Å². The van der Waals surface area contributed by atoms with E-state index in [1.54, 1.807) is 29.2 Å². The van der Waals surface area contributed by atoms with Gasteiger partial charge in [0.2, 0.25) is 0 Å². The third-order valence-corrected chi connectivity index (χ3v) is 3.88. The summed E-state index contributed by atoms with van der Waals surface area (Å²) in [5.41, 5.74) is 13.8. The van der Waals surface area contributed by atoms with Crippen molar-refractivity contribution < 1.29 is 9.53 Å². The van der Waals surface area contributed by atoms with Gasteiger partial charge in [-0.15, -0.1) is 0 Å². The molecular weight excluding hydrogens is 292 g/mol. The summed E-state index contributed by atoms with van der Waals surface area (Å²) in [5, 5.41) is 0. The Morgan fingerprint density at radius 1 is 0.826 bits per heavy atom. The van der Waals surface area contributed by atoms with Gasteiger partial charge < -0.3 is 26.0 Å². The molecule has 2 aromatic rings. The van der Waals surface area contributed by atoms with Crippen LogP contribution in [0.15, 0.2) is 48.5 Å². The Morgan fingerprint density at radius 2 is 1.35 bits per heavy atom. The molecule has 0 saturated carbocycles. The normalized spacial score (nSPS) is 14.6. The second-order valence-corrected chi connectivity index (χ2v) is 5.50. The zero-order valence-electron chi connectivity index (χ0n) is 12.8. The van der Waals surface area contributed by atoms with Crippen molar-refractivity contribution in [3.05, 3.63) is 48.5 Å². The molecule has 0 radical (unpaired) electrons. The van der Waals surface area contributed by atoms with Crippen LogP contribution in [0.25, 0.3) is 0 Å². The number of nitrogens with two attached hydrogens (primary N) is 2. The zero-order chi connectivity index (χ0) is 16.2. The fourth-order valence-corrected chi connectivity index (χ4v) is 2.53. The maximum atomic E-state index is 12.2. The smallest absolute Gasteiger partial charge is 0.410 e. The lowest BCUT2D eigenvalue weighted by Crippen LogP contribution is -2.49. The summed E-state index contributed by atoms with van der Waals surface area (Å²) in [7, 11) is 0. The second kappa shape index (κ2) is 6.48. The van der Waals surface area contributed by atoms with Gasteiger partial charge in [0.05, 0.1) is 0 Å². The molecule has 120 valence electrons. The highest BCUT2D eigenvalue weighted by molar-refractivity contribution is 5.71. The Kier molecular flexibility index (Phi) is 4.23. The van der Waals surface area contributed by atoms with Gasteiger partial charge in [0.25, 0.3) is 0 Å². The predicted molar refractivity (Wildman–Crippen MR) is 91.5 cm³/mol. The van der Waals surface area contributed by atoms with Gasteiger partial charge in [0, 0.05) is 43.2 Å². The van der Waals surface area contributed by atoms with E-state index in [2.05, 4.69) is 4.90 Å². The van der Waals surface area contributed by atoms with Crippen LogP contribution in [-0.4, -0.2) is 37.2 Å². The van der Waals surface area contributed by atoms with Crippen LogP contribution >= 0.6 is 0 Å². The summed E-state index contributed by atoms with van der Waals surface area (Å²) >= 11 is 0. The van der Waals surface area contributed by atoms with Crippen LogP contribution in [0, 0.1) is 0 Å². The van der Waals surface area contributed by atoms with Crippen LogP contribution in [0.1, 0.15) is 0 Å². The number of nitrogens with zero attached hydrogens (tertiary/aromatic N) is 2. The third-order valence-electron chi connectivity index (χ3n) is 3.88. The number of carbonyl (C=O) groups excluding carboxylic acids is 1. The predicted octanol–water partition coefficient (Wildman–Crippen LogP) is 2.17. The summed E-state index contributed by atoms with van der Waals surface area (Å²) in [6.45, 7) is 2.78.